The van der Waals surface area contributed by atoms with Gasteiger partial charge in [0.15, 0.2) is 0 Å². The summed E-state index contributed by atoms with van der Waals surface area (Å²) in [5.41, 5.74) is 2.75. The lowest BCUT2D eigenvalue weighted by molar-refractivity contribution is 0.0917. The molecule has 0 aliphatic heterocycles. The third-order valence-electron chi connectivity index (χ3n) is 3.75. The first-order valence-corrected chi connectivity index (χ1v) is 7.78. The van der Waals surface area contributed by atoms with Crippen LogP contribution in [0.3, 0.4) is 0 Å². The van der Waals surface area contributed by atoms with Crippen molar-refractivity contribution in [3.8, 4) is 0 Å². The van der Waals surface area contributed by atoms with Crippen LogP contribution >= 0.6 is 11.6 Å². The van der Waals surface area contributed by atoms with E-state index in [1.165, 1.54) is 0 Å². The molecule has 2 N–H and O–H groups in total. The predicted molar refractivity (Wildman–Crippen MR) is 90.0 cm³/mol. The summed E-state index contributed by atoms with van der Waals surface area (Å²) >= 11 is 5.87. The molecule has 0 spiro atoms. The zero-order valence-electron chi connectivity index (χ0n) is 13.2. The van der Waals surface area contributed by atoms with Gasteiger partial charge < -0.3 is 14.9 Å². The summed E-state index contributed by atoms with van der Waals surface area (Å²) in [4.78, 5) is 17.0. The smallest absolute Gasteiger partial charge is 0.258 e. The molecule has 1 amide bonds. The highest BCUT2D eigenvalue weighted by molar-refractivity contribution is 6.30. The number of aliphatic hydroxyl groups excluding tert-OH is 1. The number of aryl methyl sites for hydroxylation is 2. The minimum absolute atomic E-state index is 0.233. The van der Waals surface area contributed by atoms with E-state index in [0.29, 0.717) is 33.1 Å². The third-order valence-corrected chi connectivity index (χ3v) is 4.00. The average molecular weight is 346 g/mol. The molecular formula is C17H16ClN3O3. The monoisotopic (exact) mass is 345 g/mol. The molecule has 0 bridgehead atoms. The first-order valence-electron chi connectivity index (χ1n) is 7.40. The van der Waals surface area contributed by atoms with Crippen molar-refractivity contribution in [2.24, 2.45) is 0 Å². The van der Waals surface area contributed by atoms with Gasteiger partial charge in [0.2, 0.25) is 0 Å². The summed E-state index contributed by atoms with van der Waals surface area (Å²) in [6, 6.07) is 8.09. The van der Waals surface area contributed by atoms with Gasteiger partial charge in [0.05, 0.1) is 29.3 Å². The highest BCUT2D eigenvalue weighted by Gasteiger charge is 2.21. The number of fused-ring (bicyclic) bond motifs is 1. The average Bonchev–Trinajstić information content (AvgIpc) is 2.93. The number of aromatic nitrogens is 2. The lowest BCUT2D eigenvalue weighted by Gasteiger charge is -2.17. The Hall–Kier alpha value is -2.44. The van der Waals surface area contributed by atoms with Crippen molar-refractivity contribution < 1.29 is 14.4 Å². The Morgan fingerprint density at radius 3 is 2.71 bits per heavy atom. The summed E-state index contributed by atoms with van der Waals surface area (Å²) in [5.74, 6) is -0.328. The maximum atomic E-state index is 12.7. The van der Waals surface area contributed by atoms with Crippen molar-refractivity contribution in [2.45, 2.75) is 19.9 Å². The second-order valence-electron chi connectivity index (χ2n) is 5.52. The van der Waals surface area contributed by atoms with E-state index in [1.807, 2.05) is 0 Å². The molecule has 1 aromatic carbocycles. The van der Waals surface area contributed by atoms with Gasteiger partial charge in [0.1, 0.15) is 0 Å². The van der Waals surface area contributed by atoms with Crippen molar-refractivity contribution in [1.29, 1.82) is 0 Å². The molecule has 7 heteroatoms. The van der Waals surface area contributed by atoms with Crippen molar-refractivity contribution in [3.63, 3.8) is 0 Å². The van der Waals surface area contributed by atoms with Gasteiger partial charge in [-0.1, -0.05) is 28.9 Å². The van der Waals surface area contributed by atoms with Gasteiger partial charge in [-0.3, -0.25) is 4.79 Å². The van der Waals surface area contributed by atoms with Crippen LogP contribution in [0.2, 0.25) is 5.02 Å². The molecule has 0 radical (unpaired) electrons. The van der Waals surface area contributed by atoms with Gasteiger partial charge in [-0.2, -0.15) is 0 Å². The zero-order chi connectivity index (χ0) is 17.3. The molecule has 0 aliphatic rings. The standard InChI is InChI=1S/C17H16ClN3O3/c1-9-7-13(15-10(2)21-24-17(15)19-9)16(23)20-14(8-22)11-3-5-12(18)6-4-11/h3-7,14,22H,8H2,1-2H3,(H,20,23). The quantitative estimate of drug-likeness (QED) is 0.759. The first kappa shape index (κ1) is 16.4. The molecule has 2 aromatic heterocycles. The first-order chi connectivity index (χ1) is 11.5. The summed E-state index contributed by atoms with van der Waals surface area (Å²) in [7, 11) is 0. The zero-order valence-corrected chi connectivity index (χ0v) is 14.0. The van der Waals surface area contributed by atoms with E-state index < -0.39 is 6.04 Å². The van der Waals surface area contributed by atoms with Gasteiger partial charge >= 0.3 is 0 Å². The van der Waals surface area contributed by atoms with Crippen LogP contribution in [0, 0.1) is 13.8 Å². The van der Waals surface area contributed by atoms with E-state index in [0.717, 1.165) is 5.56 Å². The Morgan fingerprint density at radius 1 is 1.33 bits per heavy atom. The highest BCUT2D eigenvalue weighted by Crippen LogP contribution is 2.23. The number of carbonyl (C=O) groups excluding carboxylic acids is 1. The SMILES string of the molecule is Cc1cc(C(=O)NC(CO)c2ccc(Cl)cc2)c2c(C)noc2n1. The van der Waals surface area contributed by atoms with Gasteiger partial charge in [0, 0.05) is 10.7 Å². The topological polar surface area (TPSA) is 88.2 Å². The molecule has 24 heavy (non-hydrogen) atoms. The molecule has 2 heterocycles. The fraction of sp³-hybridized carbons (Fsp3) is 0.235. The Morgan fingerprint density at radius 2 is 2.04 bits per heavy atom. The number of carbonyl (C=O) groups is 1. The van der Waals surface area contributed by atoms with E-state index in [1.54, 1.807) is 44.2 Å². The largest absolute Gasteiger partial charge is 0.394 e. The minimum atomic E-state index is -0.543. The van der Waals surface area contributed by atoms with Crippen LogP contribution in [-0.2, 0) is 0 Å². The summed E-state index contributed by atoms with van der Waals surface area (Å²) in [6.45, 7) is 3.29. The number of aliphatic hydroxyl groups is 1. The van der Waals surface area contributed by atoms with E-state index in [4.69, 9.17) is 16.1 Å². The van der Waals surface area contributed by atoms with E-state index >= 15 is 0 Å². The number of benzene rings is 1. The number of nitrogens with one attached hydrogen (secondary N) is 1. The van der Waals surface area contributed by atoms with Crippen LogP contribution in [0.15, 0.2) is 34.9 Å². The number of hydrogen-bond acceptors (Lipinski definition) is 5. The van der Waals surface area contributed by atoms with Crippen molar-refractivity contribution >= 4 is 28.6 Å². The van der Waals surface area contributed by atoms with Crippen molar-refractivity contribution in [2.75, 3.05) is 6.61 Å². The Labute approximate surface area is 143 Å². The normalized spacial score (nSPS) is 12.3. The minimum Gasteiger partial charge on any atom is -0.394 e. The Balaban J connectivity index is 1.94. The Bertz CT molecular complexity index is 890. The number of hydrogen-bond donors (Lipinski definition) is 2. The molecule has 3 rings (SSSR count). The summed E-state index contributed by atoms with van der Waals surface area (Å²) in [6.07, 6.45) is 0. The molecular weight excluding hydrogens is 330 g/mol. The summed E-state index contributed by atoms with van der Waals surface area (Å²) < 4.78 is 5.14. The fourth-order valence-corrected chi connectivity index (χ4v) is 2.69. The lowest BCUT2D eigenvalue weighted by atomic mass is 10.1. The fourth-order valence-electron chi connectivity index (χ4n) is 2.56. The highest BCUT2D eigenvalue weighted by atomic mass is 35.5. The van der Waals surface area contributed by atoms with Crippen LogP contribution in [0.1, 0.15) is 33.4 Å². The second kappa shape index (κ2) is 6.59. The van der Waals surface area contributed by atoms with Crippen LogP contribution in [0.4, 0.5) is 0 Å². The van der Waals surface area contributed by atoms with Crippen LogP contribution in [-0.4, -0.2) is 27.8 Å². The second-order valence-corrected chi connectivity index (χ2v) is 5.96. The Kier molecular flexibility index (Phi) is 4.51. The number of amides is 1. The van der Waals surface area contributed by atoms with Crippen LogP contribution in [0.5, 0.6) is 0 Å². The molecule has 1 atom stereocenters. The molecule has 3 aromatic rings. The third kappa shape index (κ3) is 3.11. The summed E-state index contributed by atoms with van der Waals surface area (Å²) in [5, 5.41) is 17.5. The van der Waals surface area contributed by atoms with Crippen molar-refractivity contribution in [1.82, 2.24) is 15.5 Å². The number of halogens is 1. The predicted octanol–water partition coefficient (Wildman–Crippen LogP) is 2.96. The lowest BCUT2D eigenvalue weighted by Crippen LogP contribution is -2.31. The van der Waals surface area contributed by atoms with Gasteiger partial charge in [0.25, 0.3) is 11.6 Å². The number of rotatable bonds is 4. The van der Waals surface area contributed by atoms with E-state index in [2.05, 4.69) is 15.5 Å². The van der Waals surface area contributed by atoms with Gasteiger partial charge in [-0.05, 0) is 37.6 Å². The molecule has 0 fully saturated rings. The number of nitrogens with zero attached hydrogens (tertiary/aromatic N) is 2. The molecule has 1 unspecified atom stereocenters. The van der Waals surface area contributed by atoms with E-state index in [-0.39, 0.29) is 12.5 Å². The maximum absolute atomic E-state index is 12.7. The van der Waals surface area contributed by atoms with E-state index in [9.17, 15) is 9.90 Å². The molecule has 0 saturated carbocycles. The molecule has 0 saturated heterocycles. The number of pyridine rings is 1. The van der Waals surface area contributed by atoms with Crippen LogP contribution in [0.25, 0.3) is 11.1 Å². The molecule has 6 nitrogen and oxygen atoms in total. The molecule has 0 aliphatic carbocycles. The van der Waals surface area contributed by atoms with Crippen molar-refractivity contribution in [3.05, 3.63) is 57.9 Å². The van der Waals surface area contributed by atoms with Crippen LogP contribution < -0.4 is 5.32 Å². The molecule has 124 valence electrons. The van der Waals surface area contributed by atoms with Gasteiger partial charge in [-0.15, -0.1) is 0 Å². The van der Waals surface area contributed by atoms with Gasteiger partial charge in [-0.25, -0.2) is 4.98 Å². The maximum Gasteiger partial charge on any atom is 0.258 e.